The average molecular weight is 151 g/mol. The standard InChI is InChI=1S/C5H13NO2S/c1-2-3-4-5-9(7)8-6/h2-6H2,1H3. The molecule has 1 atom stereocenters. The summed E-state index contributed by atoms with van der Waals surface area (Å²) < 4.78 is 14.5. The van der Waals surface area contributed by atoms with Crippen LogP contribution in [0.15, 0.2) is 0 Å². The fraction of sp³-hybridized carbons (Fsp3) is 1.00. The summed E-state index contributed by atoms with van der Waals surface area (Å²) in [6, 6.07) is 0. The second-order valence-corrected chi connectivity index (χ2v) is 3.02. The molecule has 0 rings (SSSR count). The van der Waals surface area contributed by atoms with E-state index < -0.39 is 11.1 Å². The van der Waals surface area contributed by atoms with Crippen molar-refractivity contribution in [2.45, 2.75) is 26.2 Å². The van der Waals surface area contributed by atoms with E-state index in [1.165, 1.54) is 0 Å². The second kappa shape index (κ2) is 6.19. The maximum atomic E-state index is 10.5. The van der Waals surface area contributed by atoms with E-state index in [-0.39, 0.29) is 0 Å². The zero-order valence-corrected chi connectivity index (χ0v) is 6.45. The molecule has 4 heteroatoms. The smallest absolute Gasteiger partial charge is 0.172 e. The van der Waals surface area contributed by atoms with E-state index in [1.54, 1.807) is 0 Å². The van der Waals surface area contributed by atoms with Gasteiger partial charge in [-0.05, 0) is 6.42 Å². The Bertz CT molecular complexity index is 87.0. The molecule has 1 unspecified atom stereocenters. The molecule has 0 aromatic rings. The van der Waals surface area contributed by atoms with Crippen LogP contribution in [0.25, 0.3) is 0 Å². The summed E-state index contributed by atoms with van der Waals surface area (Å²) in [5.41, 5.74) is 0. The lowest BCUT2D eigenvalue weighted by Crippen LogP contribution is -2.06. The van der Waals surface area contributed by atoms with Crippen LogP contribution < -0.4 is 5.90 Å². The Labute approximate surface area is 58.2 Å². The predicted octanol–water partition coefficient (Wildman–Crippen LogP) is 0.731. The van der Waals surface area contributed by atoms with Gasteiger partial charge in [-0.3, -0.25) is 0 Å². The van der Waals surface area contributed by atoms with Crippen LogP contribution in [-0.2, 0) is 15.4 Å². The number of hydrogen-bond acceptors (Lipinski definition) is 3. The van der Waals surface area contributed by atoms with Crippen molar-refractivity contribution < 1.29 is 8.49 Å². The van der Waals surface area contributed by atoms with Gasteiger partial charge in [-0.2, -0.15) is 5.90 Å². The Morgan fingerprint density at radius 2 is 2.22 bits per heavy atom. The van der Waals surface area contributed by atoms with E-state index >= 15 is 0 Å². The molecule has 0 fully saturated rings. The van der Waals surface area contributed by atoms with Crippen LogP contribution >= 0.6 is 0 Å². The molecule has 0 aliphatic heterocycles. The molecule has 0 spiro atoms. The van der Waals surface area contributed by atoms with Crippen LogP contribution in [0, 0.1) is 0 Å². The molecule has 9 heavy (non-hydrogen) atoms. The molecule has 56 valence electrons. The molecule has 0 bridgehead atoms. The summed E-state index contributed by atoms with van der Waals surface area (Å²) in [6.45, 7) is 2.09. The van der Waals surface area contributed by atoms with E-state index in [4.69, 9.17) is 0 Å². The lowest BCUT2D eigenvalue weighted by Gasteiger charge is -1.94. The molecule has 0 radical (unpaired) electrons. The molecular formula is C5H13NO2S. The van der Waals surface area contributed by atoms with Crippen LogP contribution in [-0.4, -0.2) is 9.96 Å². The summed E-state index contributed by atoms with van der Waals surface area (Å²) in [7, 11) is 0. The van der Waals surface area contributed by atoms with Crippen molar-refractivity contribution in [1.29, 1.82) is 0 Å². The Balaban J connectivity index is 2.97. The van der Waals surface area contributed by atoms with Crippen molar-refractivity contribution in [3.63, 3.8) is 0 Å². The molecule has 2 N–H and O–H groups in total. The molecule has 0 aliphatic carbocycles. The minimum Gasteiger partial charge on any atom is -0.228 e. The Hall–Kier alpha value is 0.0700. The van der Waals surface area contributed by atoms with Crippen molar-refractivity contribution in [3.05, 3.63) is 0 Å². The quantitative estimate of drug-likeness (QED) is 0.465. The van der Waals surface area contributed by atoms with Crippen LogP contribution in [0.1, 0.15) is 26.2 Å². The molecule has 0 aliphatic rings. The highest BCUT2D eigenvalue weighted by Gasteiger charge is 1.94. The van der Waals surface area contributed by atoms with Crippen molar-refractivity contribution >= 4 is 11.1 Å². The summed E-state index contributed by atoms with van der Waals surface area (Å²) in [5, 5.41) is 0. The predicted molar refractivity (Wildman–Crippen MR) is 37.8 cm³/mol. The third-order valence-electron chi connectivity index (χ3n) is 1.02. The van der Waals surface area contributed by atoms with E-state index in [9.17, 15) is 4.21 Å². The van der Waals surface area contributed by atoms with E-state index in [2.05, 4.69) is 17.1 Å². The first kappa shape index (κ1) is 9.07. The third kappa shape index (κ3) is 5.95. The fourth-order valence-corrected chi connectivity index (χ4v) is 1.05. The minimum atomic E-state index is -1.25. The lowest BCUT2D eigenvalue weighted by atomic mass is 10.3. The van der Waals surface area contributed by atoms with Gasteiger partial charge in [0.1, 0.15) is 0 Å². The molecule has 0 aromatic carbocycles. The molecule has 0 saturated heterocycles. The topological polar surface area (TPSA) is 52.3 Å². The molecule has 0 saturated carbocycles. The molecule has 0 heterocycles. The minimum absolute atomic E-state index is 0.560. The highest BCUT2D eigenvalue weighted by Crippen LogP contribution is 1.95. The van der Waals surface area contributed by atoms with Gasteiger partial charge in [-0.15, -0.1) is 0 Å². The molecule has 0 amide bonds. The number of nitrogens with two attached hydrogens (primary N) is 1. The summed E-state index contributed by atoms with van der Waals surface area (Å²) in [6.07, 6.45) is 3.15. The Morgan fingerprint density at radius 3 is 2.67 bits per heavy atom. The zero-order valence-electron chi connectivity index (χ0n) is 5.63. The fourth-order valence-electron chi connectivity index (χ4n) is 0.518. The zero-order chi connectivity index (χ0) is 7.11. The van der Waals surface area contributed by atoms with Crippen molar-refractivity contribution in [1.82, 2.24) is 0 Å². The van der Waals surface area contributed by atoms with Gasteiger partial charge in [0, 0.05) is 0 Å². The highest BCUT2D eigenvalue weighted by molar-refractivity contribution is 7.80. The Morgan fingerprint density at radius 1 is 1.56 bits per heavy atom. The summed E-state index contributed by atoms with van der Waals surface area (Å²) >= 11 is -1.25. The largest absolute Gasteiger partial charge is 0.228 e. The summed E-state index contributed by atoms with van der Waals surface area (Å²) in [4.78, 5) is 0. The van der Waals surface area contributed by atoms with Crippen molar-refractivity contribution in [2.24, 2.45) is 5.90 Å². The second-order valence-electron chi connectivity index (χ2n) is 1.81. The normalized spacial score (nSPS) is 13.6. The van der Waals surface area contributed by atoms with Gasteiger partial charge in [0.05, 0.1) is 5.75 Å². The first-order valence-corrected chi connectivity index (χ1v) is 4.31. The van der Waals surface area contributed by atoms with Crippen molar-refractivity contribution in [2.75, 3.05) is 5.75 Å². The lowest BCUT2D eigenvalue weighted by molar-refractivity contribution is 0.366. The van der Waals surface area contributed by atoms with Gasteiger partial charge < -0.3 is 0 Å². The van der Waals surface area contributed by atoms with Crippen molar-refractivity contribution in [3.8, 4) is 0 Å². The van der Waals surface area contributed by atoms with E-state index in [1.807, 2.05) is 0 Å². The van der Waals surface area contributed by atoms with Crippen LogP contribution in [0.2, 0.25) is 0 Å². The molecule has 3 nitrogen and oxygen atoms in total. The SMILES string of the molecule is CCCCCS(=O)ON. The maximum absolute atomic E-state index is 10.5. The molecular weight excluding hydrogens is 138 g/mol. The third-order valence-corrected chi connectivity index (χ3v) is 1.86. The maximum Gasteiger partial charge on any atom is 0.172 e. The number of hydrogen-bond donors (Lipinski definition) is 1. The van der Waals surface area contributed by atoms with Crippen LogP contribution in [0.3, 0.4) is 0 Å². The van der Waals surface area contributed by atoms with Crippen LogP contribution in [0.5, 0.6) is 0 Å². The van der Waals surface area contributed by atoms with E-state index in [0.717, 1.165) is 19.3 Å². The van der Waals surface area contributed by atoms with Gasteiger partial charge in [0.15, 0.2) is 11.1 Å². The van der Waals surface area contributed by atoms with Gasteiger partial charge >= 0.3 is 0 Å². The number of unbranched alkanes of at least 4 members (excludes halogenated alkanes) is 2. The van der Waals surface area contributed by atoms with Gasteiger partial charge in [-0.25, -0.2) is 8.49 Å². The first-order chi connectivity index (χ1) is 4.31. The Kier molecular flexibility index (Phi) is 6.24. The first-order valence-electron chi connectivity index (χ1n) is 3.06. The van der Waals surface area contributed by atoms with Gasteiger partial charge in [0.25, 0.3) is 0 Å². The highest BCUT2D eigenvalue weighted by atomic mass is 32.2. The van der Waals surface area contributed by atoms with Gasteiger partial charge in [0.2, 0.25) is 0 Å². The summed E-state index contributed by atoms with van der Waals surface area (Å²) in [5.74, 6) is 5.21. The average Bonchev–Trinajstić information content (AvgIpc) is 1.89. The van der Waals surface area contributed by atoms with Crippen LogP contribution in [0.4, 0.5) is 0 Å². The van der Waals surface area contributed by atoms with Gasteiger partial charge in [-0.1, -0.05) is 19.8 Å². The number of rotatable bonds is 5. The molecule has 0 aromatic heterocycles. The monoisotopic (exact) mass is 151 g/mol. The van der Waals surface area contributed by atoms with E-state index in [0.29, 0.717) is 5.75 Å².